The van der Waals surface area contributed by atoms with Crippen LogP contribution in [0.25, 0.3) is 0 Å². The normalized spacial score (nSPS) is 14.1. The van der Waals surface area contributed by atoms with E-state index in [1.807, 2.05) is 19.0 Å². The Kier molecular flexibility index (Phi) is 6.66. The second-order valence-electron chi connectivity index (χ2n) is 7.70. The zero-order valence-electron chi connectivity index (χ0n) is 17.2. The van der Waals surface area contributed by atoms with Crippen molar-refractivity contribution < 1.29 is 14.5 Å². The smallest absolute Gasteiger partial charge is 0.270 e. The molecule has 0 unspecified atom stereocenters. The van der Waals surface area contributed by atoms with E-state index in [0.717, 1.165) is 31.4 Å². The molecule has 3 rings (SSSR count). The Labute approximate surface area is 175 Å². The number of nitro benzene ring substituents is 1. The summed E-state index contributed by atoms with van der Waals surface area (Å²) in [5, 5.41) is 16.8. The minimum Gasteiger partial charge on any atom is -0.377 e. The van der Waals surface area contributed by atoms with Crippen molar-refractivity contribution >= 4 is 28.9 Å². The first-order chi connectivity index (χ1) is 14.3. The Balaban J connectivity index is 1.81. The molecule has 2 aromatic carbocycles. The number of hydrogen-bond acceptors (Lipinski definition) is 5. The Morgan fingerprint density at radius 1 is 1.03 bits per heavy atom. The fourth-order valence-corrected chi connectivity index (χ4v) is 3.66. The van der Waals surface area contributed by atoms with Gasteiger partial charge in [-0.15, -0.1) is 0 Å². The van der Waals surface area contributed by atoms with Gasteiger partial charge in [-0.05, 0) is 37.1 Å². The minimum atomic E-state index is -0.545. The van der Waals surface area contributed by atoms with Crippen molar-refractivity contribution in [1.29, 1.82) is 0 Å². The van der Waals surface area contributed by atoms with Crippen molar-refractivity contribution in [3.05, 3.63) is 63.7 Å². The first-order valence-corrected chi connectivity index (χ1v) is 10.0. The molecule has 158 valence electrons. The second-order valence-corrected chi connectivity index (χ2v) is 7.70. The predicted octanol–water partition coefficient (Wildman–Crippen LogP) is 3.98. The topological polar surface area (TPSA) is 105 Å². The highest BCUT2D eigenvalue weighted by atomic mass is 16.6. The fraction of sp³-hybridized carbons (Fsp3) is 0.364. The molecule has 0 atom stereocenters. The molecule has 0 spiro atoms. The number of carbonyl (C=O) groups is 2. The average molecular weight is 410 g/mol. The van der Waals surface area contributed by atoms with Gasteiger partial charge < -0.3 is 15.5 Å². The Hall–Kier alpha value is -3.42. The van der Waals surface area contributed by atoms with Gasteiger partial charge in [0, 0.05) is 49.2 Å². The third kappa shape index (κ3) is 5.14. The van der Waals surface area contributed by atoms with Gasteiger partial charge in [0.05, 0.1) is 10.5 Å². The van der Waals surface area contributed by atoms with Crippen LogP contribution in [0.3, 0.4) is 0 Å². The molecule has 8 heteroatoms. The molecule has 2 N–H and O–H groups in total. The number of rotatable bonds is 6. The molecular weight excluding hydrogens is 384 g/mol. The van der Waals surface area contributed by atoms with Gasteiger partial charge in [-0.3, -0.25) is 19.7 Å². The number of carbonyl (C=O) groups excluding carboxylic acids is 2. The number of non-ortho nitro benzene ring substituents is 1. The van der Waals surface area contributed by atoms with Crippen molar-refractivity contribution in [3.8, 4) is 0 Å². The number of benzene rings is 2. The Morgan fingerprint density at radius 2 is 1.77 bits per heavy atom. The van der Waals surface area contributed by atoms with E-state index in [2.05, 4.69) is 10.6 Å². The molecule has 0 saturated heterocycles. The lowest BCUT2D eigenvalue weighted by atomic mass is 9.95. The van der Waals surface area contributed by atoms with Crippen molar-refractivity contribution in [2.24, 2.45) is 0 Å². The van der Waals surface area contributed by atoms with Crippen LogP contribution in [0.15, 0.2) is 42.5 Å². The molecule has 0 heterocycles. The van der Waals surface area contributed by atoms with Crippen LogP contribution in [-0.4, -0.2) is 36.9 Å². The summed E-state index contributed by atoms with van der Waals surface area (Å²) in [6.07, 6.45) is 5.39. The first-order valence-electron chi connectivity index (χ1n) is 10.0. The summed E-state index contributed by atoms with van der Waals surface area (Å²) in [4.78, 5) is 37.7. The molecule has 0 aliphatic heterocycles. The van der Waals surface area contributed by atoms with Gasteiger partial charge in [0.25, 0.3) is 17.5 Å². The maximum Gasteiger partial charge on any atom is 0.270 e. The molecule has 1 fully saturated rings. The van der Waals surface area contributed by atoms with Gasteiger partial charge in [0.2, 0.25) is 0 Å². The highest BCUT2D eigenvalue weighted by Gasteiger charge is 2.20. The maximum absolute atomic E-state index is 12.9. The molecule has 2 aromatic rings. The predicted molar refractivity (Wildman–Crippen MR) is 116 cm³/mol. The molecule has 8 nitrogen and oxygen atoms in total. The molecular formula is C22H26N4O4. The van der Waals surface area contributed by atoms with Crippen molar-refractivity contribution in [2.75, 3.05) is 24.3 Å². The van der Waals surface area contributed by atoms with Crippen molar-refractivity contribution in [3.63, 3.8) is 0 Å². The Morgan fingerprint density at radius 3 is 2.43 bits per heavy atom. The van der Waals surface area contributed by atoms with E-state index in [-0.39, 0.29) is 23.2 Å². The molecule has 1 aliphatic rings. The van der Waals surface area contributed by atoms with Gasteiger partial charge in [-0.1, -0.05) is 25.3 Å². The third-order valence-electron chi connectivity index (χ3n) is 5.24. The SMILES string of the molecule is CN(C)c1ccc(NC(=O)c2cccc([N+](=O)[O-])c2)cc1C(=O)NC1CCCCC1. The van der Waals surface area contributed by atoms with Crippen LogP contribution in [0.1, 0.15) is 52.8 Å². The zero-order chi connectivity index (χ0) is 21.7. The quantitative estimate of drug-likeness (QED) is 0.554. The summed E-state index contributed by atoms with van der Waals surface area (Å²) >= 11 is 0. The summed E-state index contributed by atoms with van der Waals surface area (Å²) in [6, 6.07) is 10.8. The van der Waals surface area contributed by atoms with E-state index in [1.165, 1.54) is 30.7 Å². The number of amides is 2. The van der Waals surface area contributed by atoms with Crippen LogP contribution < -0.4 is 15.5 Å². The van der Waals surface area contributed by atoms with Crippen LogP contribution in [0, 0.1) is 10.1 Å². The standard InChI is InChI=1S/C22H26N4O4/c1-25(2)20-12-11-17(14-19(20)22(28)23-16-8-4-3-5-9-16)24-21(27)15-7-6-10-18(13-15)26(29)30/h6-7,10-14,16H,3-5,8-9H2,1-2H3,(H,23,28)(H,24,27). The minimum absolute atomic E-state index is 0.154. The lowest BCUT2D eigenvalue weighted by Gasteiger charge is -2.24. The number of anilines is 2. The monoisotopic (exact) mass is 410 g/mol. The largest absolute Gasteiger partial charge is 0.377 e. The third-order valence-corrected chi connectivity index (χ3v) is 5.24. The zero-order valence-corrected chi connectivity index (χ0v) is 17.2. The molecule has 1 saturated carbocycles. The average Bonchev–Trinajstić information content (AvgIpc) is 2.74. The summed E-state index contributed by atoms with van der Waals surface area (Å²) in [5.41, 5.74) is 1.69. The fourth-order valence-electron chi connectivity index (χ4n) is 3.66. The van der Waals surface area contributed by atoms with E-state index < -0.39 is 10.8 Å². The van der Waals surface area contributed by atoms with E-state index in [4.69, 9.17) is 0 Å². The van der Waals surface area contributed by atoms with Gasteiger partial charge in [0.15, 0.2) is 0 Å². The lowest BCUT2D eigenvalue weighted by Crippen LogP contribution is -2.36. The van der Waals surface area contributed by atoms with Crippen LogP contribution in [0.2, 0.25) is 0 Å². The molecule has 0 aromatic heterocycles. The van der Waals surface area contributed by atoms with Gasteiger partial charge >= 0.3 is 0 Å². The van der Waals surface area contributed by atoms with Gasteiger partial charge in [-0.25, -0.2) is 0 Å². The van der Waals surface area contributed by atoms with Crippen molar-refractivity contribution in [1.82, 2.24) is 5.32 Å². The van der Waals surface area contributed by atoms with Crippen LogP contribution >= 0.6 is 0 Å². The molecule has 0 radical (unpaired) electrons. The summed E-state index contributed by atoms with van der Waals surface area (Å²) < 4.78 is 0. The summed E-state index contributed by atoms with van der Waals surface area (Å²) in [5.74, 6) is -0.646. The molecule has 2 amide bonds. The van der Waals surface area contributed by atoms with E-state index in [1.54, 1.807) is 18.2 Å². The first kappa shape index (κ1) is 21.3. The number of nitrogens with one attached hydrogen (secondary N) is 2. The van der Waals surface area contributed by atoms with Crippen LogP contribution in [0.5, 0.6) is 0 Å². The second kappa shape index (κ2) is 9.39. The number of hydrogen-bond donors (Lipinski definition) is 2. The molecule has 1 aliphatic carbocycles. The number of nitrogens with zero attached hydrogens (tertiary/aromatic N) is 2. The summed E-state index contributed by atoms with van der Waals surface area (Å²) in [7, 11) is 3.71. The highest BCUT2D eigenvalue weighted by molar-refractivity contribution is 6.06. The lowest BCUT2D eigenvalue weighted by molar-refractivity contribution is -0.384. The van der Waals surface area contributed by atoms with Crippen LogP contribution in [0.4, 0.5) is 17.1 Å². The van der Waals surface area contributed by atoms with Gasteiger partial charge in [0.1, 0.15) is 0 Å². The van der Waals surface area contributed by atoms with E-state index in [9.17, 15) is 19.7 Å². The molecule has 0 bridgehead atoms. The van der Waals surface area contributed by atoms with Gasteiger partial charge in [-0.2, -0.15) is 0 Å². The number of nitro groups is 1. The molecule has 30 heavy (non-hydrogen) atoms. The highest BCUT2D eigenvalue weighted by Crippen LogP contribution is 2.25. The van der Waals surface area contributed by atoms with Crippen molar-refractivity contribution in [2.45, 2.75) is 38.1 Å². The summed E-state index contributed by atoms with van der Waals surface area (Å²) in [6.45, 7) is 0. The van der Waals surface area contributed by atoms with Crippen LogP contribution in [-0.2, 0) is 0 Å². The maximum atomic E-state index is 12.9. The Bertz CT molecular complexity index is 952. The van der Waals surface area contributed by atoms with E-state index >= 15 is 0 Å². The van der Waals surface area contributed by atoms with E-state index in [0.29, 0.717) is 11.3 Å².